The number of rotatable bonds is 8. The Balaban J connectivity index is 1.54. The van der Waals surface area contributed by atoms with Gasteiger partial charge in [-0.05, 0) is 43.5 Å². The molecule has 5 heteroatoms. The van der Waals surface area contributed by atoms with E-state index in [9.17, 15) is 0 Å². The van der Waals surface area contributed by atoms with Crippen molar-refractivity contribution in [2.24, 2.45) is 5.73 Å². The number of benzene rings is 1. The zero-order chi connectivity index (χ0) is 14.9. The molecule has 1 heterocycles. The Labute approximate surface area is 131 Å². The van der Waals surface area contributed by atoms with Crippen LogP contribution in [0.4, 0.5) is 0 Å². The van der Waals surface area contributed by atoms with Gasteiger partial charge in [0.2, 0.25) is 0 Å². The molecule has 1 atom stereocenters. The van der Waals surface area contributed by atoms with Crippen molar-refractivity contribution in [2.45, 2.75) is 31.8 Å². The van der Waals surface area contributed by atoms with E-state index in [1.165, 1.54) is 12.8 Å². The Morgan fingerprint density at radius 1 is 1.24 bits per heavy atom. The molecule has 0 saturated carbocycles. The predicted molar refractivity (Wildman–Crippen MR) is 86.9 cm³/mol. The van der Waals surface area contributed by atoms with E-state index in [-0.39, 0.29) is 6.10 Å². The van der Waals surface area contributed by atoms with Crippen LogP contribution in [-0.4, -0.2) is 37.5 Å². The fraction of sp³-hybridized carbons (Fsp3) is 0.562. The highest BCUT2D eigenvalue weighted by Gasteiger charge is 2.13. The maximum absolute atomic E-state index is 5.64. The number of ether oxygens (including phenoxy) is 3. The predicted octanol–water partition coefficient (Wildman–Crippen LogP) is 2.68. The van der Waals surface area contributed by atoms with Crippen LogP contribution >= 0.6 is 12.2 Å². The third-order valence-electron chi connectivity index (χ3n) is 3.42. The molecule has 0 amide bonds. The molecule has 0 aromatic heterocycles. The van der Waals surface area contributed by atoms with Crippen LogP contribution in [0.15, 0.2) is 24.3 Å². The van der Waals surface area contributed by atoms with Crippen molar-refractivity contribution in [1.29, 1.82) is 0 Å². The standard InChI is InChI=1S/C16H23NO3S/c17-16(21)13-5-7-14(8-6-13)19-11-3-9-18-12-15-4-1-2-10-20-15/h5-8,15H,1-4,9-12H2,(H2,17,21). The number of thiocarbonyl (C=S) groups is 1. The molecule has 0 spiro atoms. The molecular weight excluding hydrogens is 286 g/mol. The second-order valence-corrected chi connectivity index (χ2v) is 5.59. The Hall–Kier alpha value is -1.17. The minimum absolute atomic E-state index is 0.285. The molecule has 116 valence electrons. The van der Waals surface area contributed by atoms with Crippen LogP contribution in [0.3, 0.4) is 0 Å². The van der Waals surface area contributed by atoms with Gasteiger partial charge in [-0.1, -0.05) is 12.2 Å². The van der Waals surface area contributed by atoms with Crippen LogP contribution in [0, 0.1) is 0 Å². The smallest absolute Gasteiger partial charge is 0.119 e. The Kier molecular flexibility index (Phi) is 6.92. The van der Waals surface area contributed by atoms with Gasteiger partial charge in [-0.3, -0.25) is 0 Å². The van der Waals surface area contributed by atoms with Crippen molar-refractivity contribution < 1.29 is 14.2 Å². The lowest BCUT2D eigenvalue weighted by atomic mass is 10.1. The second-order valence-electron chi connectivity index (χ2n) is 5.15. The van der Waals surface area contributed by atoms with E-state index < -0.39 is 0 Å². The summed E-state index contributed by atoms with van der Waals surface area (Å²) in [7, 11) is 0. The Morgan fingerprint density at radius 2 is 2.05 bits per heavy atom. The zero-order valence-electron chi connectivity index (χ0n) is 12.3. The lowest BCUT2D eigenvalue weighted by Gasteiger charge is -2.22. The summed E-state index contributed by atoms with van der Waals surface area (Å²) >= 11 is 4.90. The van der Waals surface area contributed by atoms with E-state index in [0.717, 1.165) is 30.8 Å². The van der Waals surface area contributed by atoms with Crippen molar-refractivity contribution in [2.75, 3.05) is 26.4 Å². The van der Waals surface area contributed by atoms with Crippen LogP contribution in [-0.2, 0) is 9.47 Å². The molecule has 4 nitrogen and oxygen atoms in total. The van der Waals surface area contributed by atoms with Gasteiger partial charge in [0.05, 0.1) is 19.3 Å². The first-order valence-electron chi connectivity index (χ1n) is 7.48. The maximum Gasteiger partial charge on any atom is 0.119 e. The third kappa shape index (κ3) is 5.99. The second kappa shape index (κ2) is 8.97. The first-order chi connectivity index (χ1) is 10.3. The summed E-state index contributed by atoms with van der Waals surface area (Å²) in [5.41, 5.74) is 6.40. The molecule has 0 bridgehead atoms. The molecule has 2 N–H and O–H groups in total. The first-order valence-corrected chi connectivity index (χ1v) is 7.88. The van der Waals surface area contributed by atoms with E-state index in [1.807, 2.05) is 24.3 Å². The highest BCUT2D eigenvalue weighted by molar-refractivity contribution is 7.80. The van der Waals surface area contributed by atoms with Crippen LogP contribution < -0.4 is 10.5 Å². The van der Waals surface area contributed by atoms with Gasteiger partial charge in [0.15, 0.2) is 0 Å². The summed E-state index contributed by atoms with van der Waals surface area (Å²) in [5, 5.41) is 0. The average molecular weight is 309 g/mol. The molecule has 1 aliphatic rings. The van der Waals surface area contributed by atoms with Crippen molar-refractivity contribution >= 4 is 17.2 Å². The van der Waals surface area contributed by atoms with Crippen LogP contribution in [0.25, 0.3) is 0 Å². The minimum Gasteiger partial charge on any atom is -0.494 e. The molecule has 1 unspecified atom stereocenters. The molecule has 1 saturated heterocycles. The van der Waals surface area contributed by atoms with E-state index in [0.29, 0.717) is 24.8 Å². The van der Waals surface area contributed by atoms with Crippen molar-refractivity contribution in [3.8, 4) is 5.75 Å². The molecule has 21 heavy (non-hydrogen) atoms. The van der Waals surface area contributed by atoms with Crippen LogP contribution in [0.5, 0.6) is 5.75 Å². The SMILES string of the molecule is NC(=S)c1ccc(OCCCOCC2CCCCO2)cc1. The van der Waals surface area contributed by atoms with E-state index in [4.69, 9.17) is 32.2 Å². The van der Waals surface area contributed by atoms with Gasteiger partial charge in [-0.25, -0.2) is 0 Å². The van der Waals surface area contributed by atoms with E-state index >= 15 is 0 Å². The van der Waals surface area contributed by atoms with Gasteiger partial charge < -0.3 is 19.9 Å². The molecule has 0 radical (unpaired) electrons. The molecule has 1 fully saturated rings. The van der Waals surface area contributed by atoms with Gasteiger partial charge in [0.1, 0.15) is 10.7 Å². The Bertz CT molecular complexity index is 430. The van der Waals surface area contributed by atoms with Crippen LogP contribution in [0.1, 0.15) is 31.2 Å². The Morgan fingerprint density at radius 3 is 2.71 bits per heavy atom. The van der Waals surface area contributed by atoms with Crippen molar-refractivity contribution in [3.05, 3.63) is 29.8 Å². The lowest BCUT2D eigenvalue weighted by Crippen LogP contribution is -2.24. The van der Waals surface area contributed by atoms with Gasteiger partial charge in [0.25, 0.3) is 0 Å². The molecular formula is C16H23NO3S. The maximum atomic E-state index is 5.64. The number of hydrogen-bond donors (Lipinski definition) is 1. The van der Waals surface area contributed by atoms with Crippen LogP contribution in [0.2, 0.25) is 0 Å². The summed E-state index contributed by atoms with van der Waals surface area (Å²) in [6, 6.07) is 7.50. The minimum atomic E-state index is 0.285. The van der Waals surface area contributed by atoms with E-state index in [1.54, 1.807) is 0 Å². The number of nitrogens with two attached hydrogens (primary N) is 1. The molecule has 1 aliphatic heterocycles. The monoisotopic (exact) mass is 309 g/mol. The summed E-state index contributed by atoms with van der Waals surface area (Å²) < 4.78 is 16.9. The highest BCUT2D eigenvalue weighted by Crippen LogP contribution is 2.14. The number of hydrogen-bond acceptors (Lipinski definition) is 4. The zero-order valence-corrected chi connectivity index (χ0v) is 13.1. The molecule has 1 aromatic rings. The van der Waals surface area contributed by atoms with Gasteiger partial charge >= 0.3 is 0 Å². The summed E-state index contributed by atoms with van der Waals surface area (Å²) in [6.07, 6.45) is 4.69. The summed E-state index contributed by atoms with van der Waals surface area (Å²) in [4.78, 5) is 0.403. The molecule has 0 aliphatic carbocycles. The summed E-state index contributed by atoms with van der Waals surface area (Å²) in [5.74, 6) is 0.825. The topological polar surface area (TPSA) is 53.7 Å². The lowest BCUT2D eigenvalue weighted by molar-refractivity contribution is -0.0419. The van der Waals surface area contributed by atoms with Gasteiger partial charge in [0, 0.05) is 25.2 Å². The largest absolute Gasteiger partial charge is 0.494 e. The van der Waals surface area contributed by atoms with Crippen molar-refractivity contribution in [3.63, 3.8) is 0 Å². The quantitative estimate of drug-likeness (QED) is 0.591. The van der Waals surface area contributed by atoms with Crippen molar-refractivity contribution in [1.82, 2.24) is 0 Å². The fourth-order valence-corrected chi connectivity index (χ4v) is 2.36. The third-order valence-corrected chi connectivity index (χ3v) is 3.65. The normalized spacial score (nSPS) is 18.4. The highest BCUT2D eigenvalue weighted by atomic mass is 32.1. The fourth-order valence-electron chi connectivity index (χ4n) is 2.22. The van der Waals surface area contributed by atoms with Gasteiger partial charge in [-0.15, -0.1) is 0 Å². The molecule has 1 aromatic carbocycles. The first kappa shape index (κ1) is 16.2. The molecule has 2 rings (SSSR count). The summed E-state index contributed by atoms with van der Waals surface area (Å²) in [6.45, 7) is 2.91. The van der Waals surface area contributed by atoms with Gasteiger partial charge in [-0.2, -0.15) is 0 Å². The average Bonchev–Trinajstić information content (AvgIpc) is 2.52. The van der Waals surface area contributed by atoms with E-state index in [2.05, 4.69) is 0 Å².